The molecule has 3 unspecified atom stereocenters. The molecule has 1 fully saturated rings. The molecular formula is C30H39N5O8. The van der Waals surface area contributed by atoms with E-state index in [0.29, 0.717) is 31.1 Å². The van der Waals surface area contributed by atoms with Crippen molar-refractivity contribution < 1.29 is 39.6 Å². The van der Waals surface area contributed by atoms with Crippen LogP contribution in [-0.2, 0) is 20.8 Å². The van der Waals surface area contributed by atoms with Gasteiger partial charge in [0, 0.05) is 11.5 Å². The fraction of sp³-hybridized carbons (Fsp3) is 0.533. The summed E-state index contributed by atoms with van der Waals surface area (Å²) in [4.78, 5) is 56.1. The van der Waals surface area contributed by atoms with E-state index in [0.717, 1.165) is 12.8 Å². The number of likely N-dealkylation sites (N-methyl/N-ethyl adjacent to an activating group) is 1. The molecule has 1 aromatic rings. The average molecular weight is 598 g/mol. The number of anilines is 1. The average Bonchev–Trinajstić information content (AvgIpc) is 2.95. The van der Waals surface area contributed by atoms with Crippen molar-refractivity contribution in [1.29, 1.82) is 0 Å². The Morgan fingerprint density at radius 1 is 1.16 bits per heavy atom. The van der Waals surface area contributed by atoms with Crippen molar-refractivity contribution in [2.75, 3.05) is 39.0 Å². The Morgan fingerprint density at radius 2 is 1.81 bits per heavy atom. The van der Waals surface area contributed by atoms with Gasteiger partial charge in [0.05, 0.1) is 23.3 Å². The molecule has 1 saturated heterocycles. The molecule has 0 spiro atoms. The van der Waals surface area contributed by atoms with Crippen LogP contribution < -0.4 is 16.8 Å². The molecule has 0 aromatic heterocycles. The molecule has 2 amide bonds. The number of benzene rings is 1. The number of piperidine rings is 1. The predicted molar refractivity (Wildman–Crippen MR) is 155 cm³/mol. The van der Waals surface area contributed by atoms with E-state index in [2.05, 4.69) is 5.32 Å². The number of carbonyl (C=O) groups is 4. The van der Waals surface area contributed by atoms with Crippen molar-refractivity contribution in [3.05, 3.63) is 45.9 Å². The second kappa shape index (κ2) is 11.1. The summed E-state index contributed by atoms with van der Waals surface area (Å²) in [6.07, 6.45) is 1.94. The van der Waals surface area contributed by atoms with Crippen LogP contribution in [0.2, 0.25) is 0 Å². The fourth-order valence-corrected chi connectivity index (χ4v) is 7.31. The Balaban J connectivity index is 1.48. The quantitative estimate of drug-likeness (QED) is 0.172. The van der Waals surface area contributed by atoms with Crippen molar-refractivity contribution in [3.63, 3.8) is 0 Å². The van der Waals surface area contributed by atoms with Crippen molar-refractivity contribution in [2.45, 2.75) is 50.3 Å². The van der Waals surface area contributed by atoms with Gasteiger partial charge in [0.2, 0.25) is 11.7 Å². The van der Waals surface area contributed by atoms with Crippen LogP contribution in [0.4, 0.5) is 5.69 Å². The number of nitrogens with two attached hydrogens (primary N) is 2. The van der Waals surface area contributed by atoms with Crippen LogP contribution in [0.5, 0.6) is 5.75 Å². The van der Waals surface area contributed by atoms with Gasteiger partial charge in [0.1, 0.15) is 17.1 Å². The molecule has 5 rings (SSSR count). The predicted octanol–water partition coefficient (Wildman–Crippen LogP) is 0.118. The Labute approximate surface area is 248 Å². The summed E-state index contributed by atoms with van der Waals surface area (Å²) in [6.45, 7) is 3.79. The first-order valence-electron chi connectivity index (χ1n) is 14.5. The Morgan fingerprint density at radius 3 is 2.40 bits per heavy atom. The van der Waals surface area contributed by atoms with Crippen molar-refractivity contribution in [2.24, 2.45) is 29.2 Å². The summed E-state index contributed by atoms with van der Waals surface area (Å²) in [5.74, 6) is -7.13. The van der Waals surface area contributed by atoms with E-state index < -0.39 is 69.8 Å². The monoisotopic (exact) mass is 597 g/mol. The van der Waals surface area contributed by atoms with Crippen LogP contribution >= 0.6 is 0 Å². The lowest BCUT2D eigenvalue weighted by atomic mass is 9.58. The second-order valence-corrected chi connectivity index (χ2v) is 12.3. The highest BCUT2D eigenvalue weighted by atomic mass is 16.3. The summed E-state index contributed by atoms with van der Waals surface area (Å²) in [5.41, 5.74) is 7.64. The van der Waals surface area contributed by atoms with Crippen LogP contribution in [0.1, 0.15) is 42.1 Å². The number of likely N-dealkylation sites (tertiary alicyclic amines) is 1. The van der Waals surface area contributed by atoms with E-state index >= 15 is 0 Å². The first-order chi connectivity index (χ1) is 20.2. The van der Waals surface area contributed by atoms with E-state index in [1.807, 2.05) is 4.90 Å². The van der Waals surface area contributed by atoms with Gasteiger partial charge in [-0.3, -0.25) is 29.0 Å². The number of carbonyl (C=O) groups excluding carboxylic acids is 4. The number of primary amides is 1. The number of rotatable bonds is 6. The van der Waals surface area contributed by atoms with Crippen LogP contribution in [-0.4, -0.2) is 105 Å². The molecule has 13 nitrogen and oxygen atoms in total. The molecule has 232 valence electrons. The highest BCUT2D eigenvalue weighted by Crippen LogP contribution is 2.52. The third-order valence-electron chi connectivity index (χ3n) is 9.76. The van der Waals surface area contributed by atoms with Gasteiger partial charge in [0.25, 0.3) is 5.91 Å². The van der Waals surface area contributed by atoms with E-state index in [9.17, 15) is 39.6 Å². The second-order valence-electron chi connectivity index (χ2n) is 12.3. The fourth-order valence-electron chi connectivity index (χ4n) is 7.31. The van der Waals surface area contributed by atoms with Crippen LogP contribution in [0.25, 0.3) is 0 Å². The van der Waals surface area contributed by atoms with E-state index in [1.54, 1.807) is 27.1 Å². The third-order valence-corrected chi connectivity index (χ3v) is 9.76. The minimum atomic E-state index is -2.71. The largest absolute Gasteiger partial charge is 0.510 e. The minimum absolute atomic E-state index is 0.00335. The SMILES string of the molecule is CC(C(=O)Nc1ccc2c(c1O)C(=O)C1=C(O)[C@]3(O)C(=O)C(C(N)=O)=C(O)[C@@H](N(C)C)C3CC1C2)N1CCC(CN)CC1. The zero-order chi connectivity index (χ0) is 31.5. The Bertz CT molecular complexity index is 1460. The van der Waals surface area contributed by atoms with Gasteiger partial charge in [-0.2, -0.15) is 0 Å². The van der Waals surface area contributed by atoms with Crippen molar-refractivity contribution in [3.8, 4) is 5.75 Å². The van der Waals surface area contributed by atoms with Crippen LogP contribution in [0.3, 0.4) is 0 Å². The molecule has 0 bridgehead atoms. The maximum absolute atomic E-state index is 13.9. The molecule has 0 radical (unpaired) electrons. The number of amides is 2. The Kier molecular flexibility index (Phi) is 7.88. The van der Waals surface area contributed by atoms with E-state index in [4.69, 9.17) is 11.5 Å². The van der Waals surface area contributed by atoms with Gasteiger partial charge >= 0.3 is 0 Å². The highest BCUT2D eigenvalue weighted by molar-refractivity contribution is 6.25. The first-order valence-corrected chi connectivity index (χ1v) is 14.5. The van der Waals surface area contributed by atoms with Gasteiger partial charge in [-0.15, -0.1) is 0 Å². The van der Waals surface area contributed by atoms with Gasteiger partial charge in [0.15, 0.2) is 17.1 Å². The number of nitrogens with zero attached hydrogens (tertiary/aromatic N) is 2. The van der Waals surface area contributed by atoms with Crippen molar-refractivity contribution in [1.82, 2.24) is 9.80 Å². The van der Waals surface area contributed by atoms with Crippen LogP contribution in [0, 0.1) is 17.8 Å². The number of hydrogen-bond acceptors (Lipinski definition) is 11. The number of nitrogens with one attached hydrogen (secondary N) is 1. The molecule has 4 aliphatic rings. The summed E-state index contributed by atoms with van der Waals surface area (Å²) >= 11 is 0. The van der Waals surface area contributed by atoms with E-state index in [1.165, 1.54) is 11.0 Å². The van der Waals surface area contributed by atoms with Gasteiger partial charge < -0.3 is 37.2 Å². The maximum Gasteiger partial charge on any atom is 0.255 e. The molecule has 1 aromatic carbocycles. The van der Waals surface area contributed by atoms with Gasteiger partial charge in [-0.1, -0.05) is 6.07 Å². The number of fused-ring (bicyclic) bond motifs is 3. The number of aromatic hydroxyl groups is 1. The lowest BCUT2D eigenvalue weighted by Gasteiger charge is -2.50. The number of phenolic OH excluding ortho intramolecular Hbond substituents is 1. The topological polar surface area (TPSA) is 220 Å². The number of aliphatic hydroxyl groups excluding tert-OH is 2. The smallest absolute Gasteiger partial charge is 0.255 e. The zero-order valence-electron chi connectivity index (χ0n) is 24.5. The molecule has 3 aliphatic carbocycles. The molecule has 13 heteroatoms. The molecule has 0 saturated carbocycles. The maximum atomic E-state index is 13.9. The van der Waals surface area contributed by atoms with Gasteiger partial charge in [-0.05, 0) is 89.8 Å². The number of phenols is 1. The molecule has 1 heterocycles. The molecule has 43 heavy (non-hydrogen) atoms. The summed E-state index contributed by atoms with van der Waals surface area (Å²) in [7, 11) is 3.15. The number of aliphatic hydroxyl groups is 3. The van der Waals surface area contributed by atoms with Crippen LogP contribution in [0.15, 0.2) is 34.8 Å². The third kappa shape index (κ3) is 4.71. The normalized spacial score (nSPS) is 28.8. The lowest BCUT2D eigenvalue weighted by Crippen LogP contribution is -2.63. The Hall–Kier alpha value is -3.78. The van der Waals surface area contributed by atoms with Gasteiger partial charge in [-0.25, -0.2) is 0 Å². The molecule has 9 N–H and O–H groups in total. The van der Waals surface area contributed by atoms with E-state index in [-0.39, 0.29) is 35.6 Å². The first kappa shape index (κ1) is 30.7. The standard InChI is InChI=1S/C30H39N5O8/c1-13(35-8-6-14(12-31)7-9-35)29(42)33-18-5-4-15-10-16-11-17-22(34(2)3)25(38)21(28(32)41)27(40)30(17,43)26(39)20(16)24(37)19(15)23(18)36/h4-5,13-14,16-17,22,36,38-39,43H,6-12,31H2,1-3H3,(H2,32,41)(H,33,42)/t13?,16?,17?,22-,30-/m0/s1. The molecule has 1 aliphatic heterocycles. The van der Waals surface area contributed by atoms with Crippen molar-refractivity contribution >= 4 is 29.1 Å². The molecule has 5 atom stereocenters. The summed E-state index contributed by atoms with van der Waals surface area (Å²) < 4.78 is 0. The lowest BCUT2D eigenvalue weighted by molar-refractivity contribution is -0.148. The number of hydrogen-bond donors (Lipinski definition) is 7. The zero-order valence-corrected chi connectivity index (χ0v) is 24.5. The number of allylic oxidation sites excluding steroid dienone is 1. The number of ketones is 2. The summed E-state index contributed by atoms with van der Waals surface area (Å²) in [5, 5.41) is 47.9. The number of Topliss-reactive ketones (excluding diaryl/α,β-unsaturated/α-hetero) is 2. The summed E-state index contributed by atoms with van der Waals surface area (Å²) in [6, 6.07) is 1.57. The highest BCUT2D eigenvalue weighted by Gasteiger charge is 2.63. The molecular weight excluding hydrogens is 558 g/mol. The minimum Gasteiger partial charge on any atom is -0.510 e.